The molecule has 0 aromatic heterocycles. The molecular weight excluding hydrogens is 368 g/mol. The molecule has 0 nitrogen and oxygen atoms in total. The highest BCUT2D eigenvalue weighted by Gasteiger charge is 2.26. The first kappa shape index (κ1) is 18.2. The minimum atomic E-state index is 0.131. The first-order valence-corrected chi connectivity index (χ1v) is 10.2. The Balaban J connectivity index is 1.39. The molecule has 1 aliphatic carbocycles. The smallest absolute Gasteiger partial charge is 0.0480 e. The molecular formula is C24H27Br. The number of alkyl halides is 1. The molecule has 0 saturated carbocycles. The van der Waals surface area contributed by atoms with Crippen molar-refractivity contribution in [3.05, 3.63) is 90.0 Å². The first-order chi connectivity index (χ1) is 12.3. The normalized spacial score (nSPS) is 19.6. The van der Waals surface area contributed by atoms with Gasteiger partial charge >= 0.3 is 0 Å². The van der Waals surface area contributed by atoms with Crippen LogP contribution in [0.3, 0.4) is 0 Å². The van der Waals surface area contributed by atoms with E-state index >= 15 is 0 Å². The molecule has 0 radical (unpaired) electrons. The Hall–Kier alpha value is -1.60. The highest BCUT2D eigenvalue weighted by Crippen LogP contribution is 2.39. The Bertz CT molecular complexity index is 699. The summed E-state index contributed by atoms with van der Waals surface area (Å²) in [7, 11) is 0. The molecule has 25 heavy (non-hydrogen) atoms. The van der Waals surface area contributed by atoms with Gasteiger partial charge in [0, 0.05) is 4.32 Å². The Kier molecular flexibility index (Phi) is 6.69. The standard InChI is InChI=1S/C24H27Br/c25-24(18-10-2-1-5-12-21-13-6-3-7-14-21)19-11-17-23(20-24)22-15-8-4-9-16-22/h3-4,6-9,11,13-17,19H,1-2,5,10,12,18,20H2. The lowest BCUT2D eigenvalue weighted by molar-refractivity contribution is 0.565. The van der Waals surface area contributed by atoms with Crippen LogP contribution in [0.4, 0.5) is 0 Å². The SMILES string of the molecule is BrC1(CCCCCCc2ccccc2)C=CC=C(c2ccccc2)C1. The third kappa shape index (κ3) is 5.71. The van der Waals surface area contributed by atoms with Crippen molar-refractivity contribution >= 4 is 21.5 Å². The molecule has 1 aliphatic rings. The van der Waals surface area contributed by atoms with Crippen molar-refractivity contribution in [2.75, 3.05) is 0 Å². The Morgan fingerprint density at radius 1 is 0.800 bits per heavy atom. The molecule has 130 valence electrons. The molecule has 0 amide bonds. The number of hydrogen-bond acceptors (Lipinski definition) is 0. The van der Waals surface area contributed by atoms with E-state index < -0.39 is 0 Å². The summed E-state index contributed by atoms with van der Waals surface area (Å²) >= 11 is 4.01. The van der Waals surface area contributed by atoms with E-state index in [0.29, 0.717) is 0 Å². The molecule has 0 fully saturated rings. The second kappa shape index (κ2) is 9.20. The van der Waals surface area contributed by atoms with E-state index in [9.17, 15) is 0 Å². The van der Waals surface area contributed by atoms with E-state index in [0.717, 1.165) is 6.42 Å². The molecule has 3 rings (SSSR count). The van der Waals surface area contributed by atoms with Crippen LogP contribution >= 0.6 is 15.9 Å². The molecule has 0 spiro atoms. The van der Waals surface area contributed by atoms with Crippen molar-refractivity contribution in [2.24, 2.45) is 0 Å². The zero-order valence-electron chi connectivity index (χ0n) is 14.8. The van der Waals surface area contributed by atoms with Crippen LogP contribution in [-0.2, 0) is 6.42 Å². The van der Waals surface area contributed by atoms with Gasteiger partial charge in [-0.2, -0.15) is 0 Å². The summed E-state index contributed by atoms with van der Waals surface area (Å²) in [6.07, 6.45) is 15.5. The van der Waals surface area contributed by atoms with Crippen LogP contribution in [0.25, 0.3) is 5.57 Å². The monoisotopic (exact) mass is 394 g/mol. The van der Waals surface area contributed by atoms with Crippen molar-refractivity contribution in [1.82, 2.24) is 0 Å². The number of unbranched alkanes of at least 4 members (excludes halogenated alkanes) is 3. The number of hydrogen-bond donors (Lipinski definition) is 0. The predicted octanol–water partition coefficient (Wildman–Crippen LogP) is 7.36. The van der Waals surface area contributed by atoms with Crippen LogP contribution in [0.1, 0.15) is 49.7 Å². The number of rotatable bonds is 8. The molecule has 0 saturated heterocycles. The maximum Gasteiger partial charge on any atom is 0.0480 e. The summed E-state index contributed by atoms with van der Waals surface area (Å²) in [5.74, 6) is 0. The van der Waals surface area contributed by atoms with Crippen LogP contribution in [0.15, 0.2) is 78.9 Å². The van der Waals surface area contributed by atoms with Gasteiger partial charge in [-0.1, -0.05) is 114 Å². The molecule has 1 heteroatoms. The molecule has 1 unspecified atom stereocenters. The van der Waals surface area contributed by atoms with Gasteiger partial charge < -0.3 is 0 Å². The number of allylic oxidation sites excluding steroid dienone is 4. The Labute approximate surface area is 160 Å². The fourth-order valence-corrected chi connectivity index (χ4v) is 4.27. The fraction of sp³-hybridized carbons (Fsp3) is 0.333. The van der Waals surface area contributed by atoms with E-state index in [2.05, 4.69) is 94.8 Å². The zero-order valence-corrected chi connectivity index (χ0v) is 16.4. The van der Waals surface area contributed by atoms with Crippen LogP contribution in [0, 0.1) is 0 Å². The molecule has 2 aromatic rings. The summed E-state index contributed by atoms with van der Waals surface area (Å²) in [5.41, 5.74) is 4.25. The highest BCUT2D eigenvalue weighted by atomic mass is 79.9. The van der Waals surface area contributed by atoms with Crippen molar-refractivity contribution in [2.45, 2.75) is 49.3 Å². The van der Waals surface area contributed by atoms with Crippen LogP contribution in [0.5, 0.6) is 0 Å². The lowest BCUT2D eigenvalue weighted by Gasteiger charge is -2.28. The van der Waals surface area contributed by atoms with Gasteiger partial charge in [-0.25, -0.2) is 0 Å². The third-order valence-corrected chi connectivity index (χ3v) is 5.91. The molecule has 0 aliphatic heterocycles. The zero-order chi connectivity index (χ0) is 17.4. The second-order valence-electron chi connectivity index (χ2n) is 7.03. The molecule has 1 atom stereocenters. The Morgan fingerprint density at radius 3 is 2.24 bits per heavy atom. The summed E-state index contributed by atoms with van der Waals surface area (Å²) in [4.78, 5) is 0. The minimum absolute atomic E-state index is 0.131. The maximum absolute atomic E-state index is 4.01. The van der Waals surface area contributed by atoms with Gasteiger partial charge in [0.1, 0.15) is 0 Å². The predicted molar refractivity (Wildman–Crippen MR) is 113 cm³/mol. The largest absolute Gasteiger partial charge is 0.0804 e. The van der Waals surface area contributed by atoms with E-state index in [1.807, 2.05) is 0 Å². The van der Waals surface area contributed by atoms with Gasteiger partial charge in [0.15, 0.2) is 0 Å². The van der Waals surface area contributed by atoms with Gasteiger partial charge in [-0.3, -0.25) is 0 Å². The highest BCUT2D eigenvalue weighted by molar-refractivity contribution is 9.10. The average molecular weight is 395 g/mol. The van der Waals surface area contributed by atoms with Crippen LogP contribution in [0.2, 0.25) is 0 Å². The third-order valence-electron chi connectivity index (χ3n) is 4.97. The van der Waals surface area contributed by atoms with Crippen molar-refractivity contribution in [3.8, 4) is 0 Å². The van der Waals surface area contributed by atoms with E-state index in [4.69, 9.17) is 0 Å². The quantitative estimate of drug-likeness (QED) is 0.324. The van der Waals surface area contributed by atoms with Gasteiger partial charge in [0.2, 0.25) is 0 Å². The van der Waals surface area contributed by atoms with E-state index in [1.54, 1.807) is 0 Å². The van der Waals surface area contributed by atoms with Gasteiger partial charge in [0.05, 0.1) is 0 Å². The Morgan fingerprint density at radius 2 is 1.48 bits per heavy atom. The number of aryl methyl sites for hydroxylation is 1. The fourth-order valence-electron chi connectivity index (χ4n) is 3.54. The molecule has 0 N–H and O–H groups in total. The lowest BCUT2D eigenvalue weighted by atomic mass is 9.86. The van der Waals surface area contributed by atoms with E-state index in [1.165, 1.54) is 55.2 Å². The van der Waals surface area contributed by atoms with Crippen molar-refractivity contribution < 1.29 is 0 Å². The van der Waals surface area contributed by atoms with Gasteiger partial charge in [-0.05, 0) is 42.4 Å². The van der Waals surface area contributed by atoms with E-state index in [-0.39, 0.29) is 4.32 Å². The van der Waals surface area contributed by atoms with Crippen LogP contribution in [-0.4, -0.2) is 4.32 Å². The lowest BCUT2D eigenvalue weighted by Crippen LogP contribution is -2.20. The topological polar surface area (TPSA) is 0 Å². The molecule has 0 heterocycles. The van der Waals surface area contributed by atoms with Crippen molar-refractivity contribution in [1.29, 1.82) is 0 Å². The molecule has 2 aromatic carbocycles. The number of halogens is 1. The summed E-state index contributed by atoms with van der Waals surface area (Å²) < 4.78 is 0.131. The van der Waals surface area contributed by atoms with Crippen molar-refractivity contribution in [3.63, 3.8) is 0 Å². The van der Waals surface area contributed by atoms with Crippen LogP contribution < -0.4 is 0 Å². The van der Waals surface area contributed by atoms with Gasteiger partial charge in [-0.15, -0.1) is 0 Å². The molecule has 0 bridgehead atoms. The first-order valence-electron chi connectivity index (χ1n) is 9.42. The summed E-state index contributed by atoms with van der Waals surface area (Å²) in [6.45, 7) is 0. The van der Waals surface area contributed by atoms with Gasteiger partial charge in [0.25, 0.3) is 0 Å². The second-order valence-corrected chi connectivity index (χ2v) is 8.61. The maximum atomic E-state index is 4.01. The minimum Gasteiger partial charge on any atom is -0.0804 e. The average Bonchev–Trinajstić information content (AvgIpc) is 2.66. The summed E-state index contributed by atoms with van der Waals surface area (Å²) in [6, 6.07) is 21.6. The number of benzene rings is 2. The summed E-state index contributed by atoms with van der Waals surface area (Å²) in [5, 5.41) is 0.